The average molecular weight is 426 g/mol. The zero-order valence-corrected chi connectivity index (χ0v) is 19.0. The van der Waals surface area contributed by atoms with E-state index in [1.54, 1.807) is 7.05 Å². The van der Waals surface area contributed by atoms with Gasteiger partial charge in [-0.05, 0) is 62.3 Å². The smallest absolute Gasteiger partial charge is 0.227 e. The van der Waals surface area contributed by atoms with Gasteiger partial charge in [-0.1, -0.05) is 31.1 Å². The molecule has 1 aromatic heterocycles. The number of rotatable bonds is 8. The van der Waals surface area contributed by atoms with Crippen molar-refractivity contribution in [2.24, 2.45) is 5.41 Å². The summed E-state index contributed by atoms with van der Waals surface area (Å²) in [4.78, 5) is 15.2. The Balaban J connectivity index is 1.39. The van der Waals surface area contributed by atoms with Crippen molar-refractivity contribution in [1.29, 1.82) is 0 Å². The molecule has 0 bridgehead atoms. The molecule has 1 unspecified atom stereocenters. The molecule has 2 aliphatic rings. The number of ether oxygens (including phenoxy) is 1. The van der Waals surface area contributed by atoms with Crippen LogP contribution in [0.5, 0.6) is 5.75 Å². The van der Waals surface area contributed by atoms with Crippen LogP contribution in [0.3, 0.4) is 0 Å². The second-order valence-corrected chi connectivity index (χ2v) is 9.54. The molecule has 2 aromatic rings. The van der Waals surface area contributed by atoms with E-state index in [1.807, 2.05) is 6.07 Å². The van der Waals surface area contributed by atoms with E-state index >= 15 is 0 Å². The number of hydrogen-bond donors (Lipinski definition) is 1. The van der Waals surface area contributed by atoms with Crippen LogP contribution >= 0.6 is 0 Å². The molecule has 1 N–H and O–H groups in total. The maximum atomic E-state index is 12.9. The van der Waals surface area contributed by atoms with Crippen LogP contribution in [-0.4, -0.2) is 42.2 Å². The van der Waals surface area contributed by atoms with Crippen molar-refractivity contribution in [1.82, 2.24) is 15.4 Å². The number of nitrogens with one attached hydrogen (secondary N) is 1. The molecule has 1 atom stereocenters. The standard InChI is InChI=1S/C25H35N3O3/c1-18(2)23-14-22(31-27-23)15-25(24(29)26-3)12-13-28(17-25)16-19-8-10-21(11-9-19)30-20-6-4-5-7-20/h8-11,14,18,20H,4-7,12-13,15-17H2,1-3H3,(H,26,29). The van der Waals surface area contributed by atoms with Crippen molar-refractivity contribution in [2.45, 2.75) is 70.9 Å². The van der Waals surface area contributed by atoms with Gasteiger partial charge in [0.05, 0.1) is 17.2 Å². The van der Waals surface area contributed by atoms with Crippen LogP contribution in [0.25, 0.3) is 0 Å². The first kappa shape index (κ1) is 21.9. The van der Waals surface area contributed by atoms with Gasteiger partial charge in [-0.3, -0.25) is 9.69 Å². The first-order chi connectivity index (χ1) is 15.0. The Morgan fingerprint density at radius 2 is 2.03 bits per heavy atom. The highest BCUT2D eigenvalue weighted by Crippen LogP contribution is 2.36. The van der Waals surface area contributed by atoms with Crippen molar-refractivity contribution in [3.8, 4) is 5.75 Å². The summed E-state index contributed by atoms with van der Waals surface area (Å²) in [6.07, 6.45) is 6.66. The molecule has 1 saturated heterocycles. The molecule has 31 heavy (non-hydrogen) atoms. The second-order valence-electron chi connectivity index (χ2n) is 9.54. The average Bonchev–Trinajstić information content (AvgIpc) is 3.51. The lowest BCUT2D eigenvalue weighted by Crippen LogP contribution is -2.43. The van der Waals surface area contributed by atoms with E-state index in [4.69, 9.17) is 9.26 Å². The van der Waals surface area contributed by atoms with Gasteiger partial charge in [0.2, 0.25) is 5.91 Å². The summed E-state index contributed by atoms with van der Waals surface area (Å²) < 4.78 is 11.6. The van der Waals surface area contributed by atoms with Gasteiger partial charge >= 0.3 is 0 Å². The summed E-state index contributed by atoms with van der Waals surface area (Å²) >= 11 is 0. The van der Waals surface area contributed by atoms with Gasteiger partial charge < -0.3 is 14.6 Å². The Morgan fingerprint density at radius 1 is 1.29 bits per heavy atom. The van der Waals surface area contributed by atoms with Gasteiger partial charge in [0.1, 0.15) is 11.5 Å². The molecule has 1 saturated carbocycles. The number of nitrogens with zero attached hydrogens (tertiary/aromatic N) is 2. The first-order valence-electron chi connectivity index (χ1n) is 11.6. The number of likely N-dealkylation sites (tertiary alicyclic amines) is 1. The fraction of sp³-hybridized carbons (Fsp3) is 0.600. The molecule has 6 heteroatoms. The molecule has 1 aliphatic carbocycles. The first-order valence-corrected chi connectivity index (χ1v) is 11.6. The van der Waals surface area contributed by atoms with E-state index in [2.05, 4.69) is 53.5 Å². The largest absolute Gasteiger partial charge is 0.490 e. The zero-order chi connectivity index (χ0) is 21.8. The molecule has 2 fully saturated rings. The molecule has 1 amide bonds. The summed E-state index contributed by atoms with van der Waals surface area (Å²) in [7, 11) is 1.72. The molecular formula is C25H35N3O3. The van der Waals surface area contributed by atoms with Crippen LogP contribution in [0.2, 0.25) is 0 Å². The van der Waals surface area contributed by atoms with Gasteiger partial charge in [0.25, 0.3) is 0 Å². The van der Waals surface area contributed by atoms with E-state index in [-0.39, 0.29) is 5.91 Å². The van der Waals surface area contributed by atoms with Crippen LogP contribution in [0.1, 0.15) is 68.9 Å². The third-order valence-corrected chi connectivity index (χ3v) is 6.76. The third kappa shape index (κ3) is 5.12. The molecule has 6 nitrogen and oxygen atoms in total. The van der Waals surface area contributed by atoms with Gasteiger partial charge in [0, 0.05) is 32.6 Å². The third-order valence-electron chi connectivity index (χ3n) is 6.76. The Labute approximate surface area is 185 Å². The van der Waals surface area contributed by atoms with Crippen molar-refractivity contribution in [3.63, 3.8) is 0 Å². The van der Waals surface area contributed by atoms with Crippen LogP contribution in [0, 0.1) is 5.41 Å². The number of benzene rings is 1. The summed E-state index contributed by atoms with van der Waals surface area (Å²) in [5.41, 5.74) is 1.71. The lowest BCUT2D eigenvalue weighted by atomic mass is 9.81. The summed E-state index contributed by atoms with van der Waals surface area (Å²) in [5, 5.41) is 7.05. The minimum Gasteiger partial charge on any atom is -0.490 e. The molecule has 168 valence electrons. The van der Waals surface area contributed by atoms with Crippen LogP contribution in [0.15, 0.2) is 34.9 Å². The number of amides is 1. The van der Waals surface area contributed by atoms with Crippen molar-refractivity contribution in [2.75, 3.05) is 20.1 Å². The Morgan fingerprint density at radius 3 is 2.68 bits per heavy atom. The highest BCUT2D eigenvalue weighted by Gasteiger charge is 2.45. The Bertz CT molecular complexity index is 870. The quantitative estimate of drug-likeness (QED) is 0.683. The fourth-order valence-electron chi connectivity index (χ4n) is 4.92. The van der Waals surface area contributed by atoms with Gasteiger partial charge in [0.15, 0.2) is 0 Å². The predicted molar refractivity (Wildman–Crippen MR) is 120 cm³/mol. The number of carbonyl (C=O) groups is 1. The van der Waals surface area contributed by atoms with Gasteiger partial charge in [-0.2, -0.15) is 0 Å². The van der Waals surface area contributed by atoms with Crippen LogP contribution in [-0.2, 0) is 17.8 Å². The topological polar surface area (TPSA) is 67.6 Å². The lowest BCUT2D eigenvalue weighted by molar-refractivity contribution is -0.130. The minimum atomic E-state index is -0.478. The molecule has 1 aliphatic heterocycles. The monoisotopic (exact) mass is 425 g/mol. The van der Waals surface area contributed by atoms with Gasteiger partial charge in [-0.15, -0.1) is 0 Å². The maximum Gasteiger partial charge on any atom is 0.227 e. The van der Waals surface area contributed by atoms with Crippen molar-refractivity contribution < 1.29 is 14.1 Å². The number of aromatic nitrogens is 1. The summed E-state index contributed by atoms with van der Waals surface area (Å²) in [6.45, 7) is 6.62. The van der Waals surface area contributed by atoms with E-state index in [9.17, 15) is 4.79 Å². The van der Waals surface area contributed by atoms with Crippen LogP contribution < -0.4 is 10.1 Å². The van der Waals surface area contributed by atoms with Crippen molar-refractivity contribution in [3.05, 3.63) is 47.3 Å². The zero-order valence-electron chi connectivity index (χ0n) is 19.0. The SMILES string of the molecule is CNC(=O)C1(Cc2cc(C(C)C)no2)CCN(Cc2ccc(OC3CCCC3)cc2)C1. The highest BCUT2D eigenvalue weighted by atomic mass is 16.5. The van der Waals surface area contributed by atoms with E-state index < -0.39 is 5.41 Å². The lowest BCUT2D eigenvalue weighted by Gasteiger charge is -2.26. The van der Waals surface area contributed by atoms with E-state index in [0.29, 0.717) is 25.0 Å². The number of hydrogen-bond acceptors (Lipinski definition) is 5. The fourth-order valence-corrected chi connectivity index (χ4v) is 4.92. The van der Waals surface area contributed by atoms with E-state index in [0.717, 1.165) is 36.7 Å². The predicted octanol–water partition coefficient (Wildman–Crippen LogP) is 4.30. The normalized spacial score (nSPS) is 22.3. The molecule has 0 spiro atoms. The van der Waals surface area contributed by atoms with Crippen LogP contribution in [0.4, 0.5) is 0 Å². The minimum absolute atomic E-state index is 0.0813. The molecule has 0 radical (unpaired) electrons. The number of carbonyl (C=O) groups excluding carboxylic acids is 1. The van der Waals surface area contributed by atoms with E-state index in [1.165, 1.54) is 31.2 Å². The molecular weight excluding hydrogens is 390 g/mol. The second kappa shape index (κ2) is 9.43. The summed E-state index contributed by atoms with van der Waals surface area (Å²) in [6, 6.07) is 10.5. The molecule has 1 aromatic carbocycles. The van der Waals surface area contributed by atoms with Gasteiger partial charge in [-0.25, -0.2) is 0 Å². The maximum absolute atomic E-state index is 12.9. The Kier molecular flexibility index (Phi) is 6.65. The Hall–Kier alpha value is -2.34. The molecule has 2 heterocycles. The summed E-state index contributed by atoms with van der Waals surface area (Å²) in [5.74, 6) is 2.15. The highest BCUT2D eigenvalue weighted by molar-refractivity contribution is 5.83. The molecule has 4 rings (SSSR count). The van der Waals surface area contributed by atoms with Crippen molar-refractivity contribution >= 4 is 5.91 Å².